The summed E-state index contributed by atoms with van der Waals surface area (Å²) < 4.78 is 4.77. The molecule has 2 aromatic carbocycles. The number of carbonyl (C=O) groups excluding carboxylic acids is 1. The van der Waals surface area contributed by atoms with Crippen molar-refractivity contribution in [2.75, 3.05) is 0 Å². The number of aryl methyl sites for hydroxylation is 1. The first-order chi connectivity index (χ1) is 15.4. The molecule has 9 heteroatoms. The highest BCUT2D eigenvalue weighted by molar-refractivity contribution is 8.00. The molecule has 1 atom stereocenters. The number of thioether (sulfide) groups is 1. The van der Waals surface area contributed by atoms with Crippen LogP contribution in [0.15, 0.2) is 64.5 Å². The molecule has 0 saturated heterocycles. The van der Waals surface area contributed by atoms with Gasteiger partial charge in [0.15, 0.2) is 11.5 Å². The van der Waals surface area contributed by atoms with E-state index in [1.807, 2.05) is 75.5 Å². The van der Waals surface area contributed by atoms with Crippen LogP contribution in [0.1, 0.15) is 35.5 Å². The Bertz CT molecular complexity index is 1300. The number of para-hydroxylation sites is 1. The van der Waals surface area contributed by atoms with Crippen LogP contribution >= 0.6 is 11.8 Å². The van der Waals surface area contributed by atoms with Crippen molar-refractivity contribution in [3.8, 4) is 11.4 Å². The number of hydrogen-bond acceptors (Lipinski definition) is 6. The third-order valence-electron chi connectivity index (χ3n) is 5.47. The minimum Gasteiger partial charge on any atom is -0.293 e. The Morgan fingerprint density at radius 1 is 1.09 bits per heavy atom. The van der Waals surface area contributed by atoms with Crippen LogP contribution in [0.4, 0.5) is 0 Å². The van der Waals surface area contributed by atoms with Gasteiger partial charge in [-0.2, -0.15) is 4.68 Å². The van der Waals surface area contributed by atoms with Crippen molar-refractivity contribution in [2.45, 2.75) is 37.6 Å². The lowest BCUT2D eigenvalue weighted by molar-refractivity contribution is 0.0994. The lowest BCUT2D eigenvalue weighted by atomic mass is 10.1. The summed E-state index contributed by atoms with van der Waals surface area (Å²) in [5, 5.41) is 11.9. The molecular formula is C23H24N6O2S. The molecule has 1 unspecified atom stereocenters. The number of Topliss-reactive ketones (excluding diaryl/α,β-unsaturated/α-hetero) is 1. The molecule has 164 valence electrons. The van der Waals surface area contributed by atoms with E-state index in [1.54, 1.807) is 9.36 Å². The van der Waals surface area contributed by atoms with Crippen LogP contribution in [0.5, 0.6) is 0 Å². The van der Waals surface area contributed by atoms with Crippen LogP contribution in [0.2, 0.25) is 0 Å². The van der Waals surface area contributed by atoms with E-state index in [-0.39, 0.29) is 11.3 Å². The van der Waals surface area contributed by atoms with Gasteiger partial charge in [-0.05, 0) is 48.4 Å². The predicted octanol–water partition coefficient (Wildman–Crippen LogP) is 3.39. The second kappa shape index (κ2) is 8.96. The number of hydrogen-bond donors (Lipinski definition) is 0. The van der Waals surface area contributed by atoms with Gasteiger partial charge in [-0.1, -0.05) is 61.2 Å². The summed E-state index contributed by atoms with van der Waals surface area (Å²) in [6, 6.07) is 17.0. The molecule has 0 aliphatic heterocycles. The standard InChI is InChI=1S/C23H24N6O2S/c1-5-17-11-13-18(14-12-17)21(30)16(3)32-23-24-25-26-28(23)20-15(2)27(4)29(22(20)31)19-9-7-6-8-10-19/h6-14,16H,5H2,1-4H3. The topological polar surface area (TPSA) is 87.6 Å². The van der Waals surface area contributed by atoms with Crippen LogP contribution in [0.3, 0.4) is 0 Å². The normalized spacial score (nSPS) is 12.1. The molecule has 0 bridgehead atoms. The zero-order chi connectivity index (χ0) is 22.8. The fraction of sp³-hybridized carbons (Fsp3) is 0.261. The molecule has 0 aliphatic carbocycles. The lowest BCUT2D eigenvalue weighted by Gasteiger charge is -2.10. The molecular weight excluding hydrogens is 424 g/mol. The molecule has 0 spiro atoms. The third-order valence-corrected chi connectivity index (χ3v) is 6.51. The van der Waals surface area contributed by atoms with Gasteiger partial charge in [0.25, 0.3) is 5.56 Å². The summed E-state index contributed by atoms with van der Waals surface area (Å²) in [6.45, 7) is 5.74. The predicted molar refractivity (Wildman–Crippen MR) is 124 cm³/mol. The van der Waals surface area contributed by atoms with E-state index in [0.717, 1.165) is 12.1 Å². The van der Waals surface area contributed by atoms with Crippen LogP contribution < -0.4 is 5.56 Å². The summed E-state index contributed by atoms with van der Waals surface area (Å²) in [5.41, 5.74) is 3.40. The molecule has 0 amide bonds. The van der Waals surface area contributed by atoms with Gasteiger partial charge >= 0.3 is 0 Å². The number of ketones is 1. The number of nitrogens with zero attached hydrogens (tertiary/aromatic N) is 6. The maximum Gasteiger partial charge on any atom is 0.297 e. The average Bonchev–Trinajstić information content (AvgIpc) is 3.35. The number of benzene rings is 2. The Morgan fingerprint density at radius 2 is 1.78 bits per heavy atom. The maximum absolute atomic E-state index is 13.3. The Hall–Kier alpha value is -3.46. The molecule has 0 aliphatic rings. The van der Waals surface area contributed by atoms with Gasteiger partial charge < -0.3 is 0 Å². The summed E-state index contributed by atoms with van der Waals surface area (Å²) in [5.74, 6) is -0.0151. The van der Waals surface area contributed by atoms with Crippen LogP contribution in [0.25, 0.3) is 11.4 Å². The van der Waals surface area contributed by atoms with Gasteiger partial charge in [-0.3, -0.25) is 14.3 Å². The van der Waals surface area contributed by atoms with E-state index in [0.29, 0.717) is 22.1 Å². The van der Waals surface area contributed by atoms with E-state index >= 15 is 0 Å². The fourth-order valence-corrected chi connectivity index (χ4v) is 4.41. The highest BCUT2D eigenvalue weighted by Gasteiger charge is 2.25. The second-order valence-electron chi connectivity index (χ2n) is 7.46. The zero-order valence-corrected chi connectivity index (χ0v) is 19.2. The Morgan fingerprint density at radius 3 is 2.44 bits per heavy atom. The summed E-state index contributed by atoms with van der Waals surface area (Å²) in [6.07, 6.45) is 0.921. The van der Waals surface area contributed by atoms with E-state index < -0.39 is 5.25 Å². The van der Waals surface area contributed by atoms with Crippen LogP contribution in [-0.2, 0) is 13.5 Å². The molecule has 0 fully saturated rings. The average molecular weight is 449 g/mol. The molecule has 4 rings (SSSR count). The van der Waals surface area contributed by atoms with Gasteiger partial charge in [0.1, 0.15) is 0 Å². The monoisotopic (exact) mass is 448 g/mol. The van der Waals surface area contributed by atoms with Gasteiger partial charge in [0.2, 0.25) is 5.16 Å². The van der Waals surface area contributed by atoms with Gasteiger partial charge in [0.05, 0.1) is 16.6 Å². The van der Waals surface area contributed by atoms with Gasteiger partial charge in [-0.15, -0.1) is 5.10 Å². The van der Waals surface area contributed by atoms with E-state index in [2.05, 4.69) is 22.4 Å². The van der Waals surface area contributed by atoms with Crippen molar-refractivity contribution in [3.63, 3.8) is 0 Å². The molecule has 2 aromatic heterocycles. The Labute approximate surface area is 189 Å². The van der Waals surface area contributed by atoms with E-state index in [9.17, 15) is 9.59 Å². The minimum absolute atomic E-state index is 0.0151. The summed E-state index contributed by atoms with van der Waals surface area (Å²) in [7, 11) is 1.82. The summed E-state index contributed by atoms with van der Waals surface area (Å²) in [4.78, 5) is 26.2. The van der Waals surface area contributed by atoms with Crippen molar-refractivity contribution >= 4 is 17.5 Å². The smallest absolute Gasteiger partial charge is 0.293 e. The molecule has 32 heavy (non-hydrogen) atoms. The molecule has 0 radical (unpaired) electrons. The maximum atomic E-state index is 13.3. The van der Waals surface area contributed by atoms with Gasteiger partial charge in [-0.25, -0.2) is 4.68 Å². The lowest BCUT2D eigenvalue weighted by Crippen LogP contribution is -2.22. The second-order valence-corrected chi connectivity index (χ2v) is 8.77. The van der Waals surface area contributed by atoms with Crippen molar-refractivity contribution in [1.82, 2.24) is 29.6 Å². The molecule has 0 saturated carbocycles. The minimum atomic E-state index is -0.424. The van der Waals surface area contributed by atoms with Gasteiger partial charge in [0, 0.05) is 12.6 Å². The van der Waals surface area contributed by atoms with Crippen molar-refractivity contribution in [1.29, 1.82) is 0 Å². The van der Waals surface area contributed by atoms with Crippen LogP contribution in [-0.4, -0.2) is 40.6 Å². The van der Waals surface area contributed by atoms with Crippen molar-refractivity contribution in [3.05, 3.63) is 81.8 Å². The first kappa shape index (κ1) is 21.8. The third kappa shape index (κ3) is 3.91. The SMILES string of the molecule is CCc1ccc(C(=O)C(C)Sc2nnnn2-c2c(C)n(C)n(-c3ccccc3)c2=O)cc1. The Balaban J connectivity index is 1.66. The first-order valence-corrected chi connectivity index (χ1v) is 11.2. The number of rotatable bonds is 7. The molecule has 0 N–H and O–H groups in total. The number of tetrazole rings is 1. The van der Waals surface area contributed by atoms with E-state index in [1.165, 1.54) is 22.0 Å². The fourth-order valence-electron chi connectivity index (χ4n) is 3.54. The highest BCUT2D eigenvalue weighted by atomic mass is 32.2. The highest BCUT2D eigenvalue weighted by Crippen LogP contribution is 2.26. The largest absolute Gasteiger partial charge is 0.297 e. The van der Waals surface area contributed by atoms with Crippen molar-refractivity contribution in [2.24, 2.45) is 7.05 Å². The zero-order valence-electron chi connectivity index (χ0n) is 18.4. The van der Waals surface area contributed by atoms with Crippen LogP contribution in [0, 0.1) is 6.92 Å². The molecule has 8 nitrogen and oxygen atoms in total. The number of aromatic nitrogens is 6. The molecule has 4 aromatic rings. The number of carbonyl (C=O) groups is 1. The first-order valence-electron chi connectivity index (χ1n) is 10.3. The Kier molecular flexibility index (Phi) is 6.09. The quantitative estimate of drug-likeness (QED) is 0.318. The summed E-state index contributed by atoms with van der Waals surface area (Å²) >= 11 is 1.23. The van der Waals surface area contributed by atoms with Crippen molar-refractivity contribution < 1.29 is 4.79 Å². The van der Waals surface area contributed by atoms with E-state index in [4.69, 9.17) is 0 Å². The molecule has 2 heterocycles.